The van der Waals surface area contributed by atoms with Gasteiger partial charge in [0.1, 0.15) is 6.10 Å². The van der Waals surface area contributed by atoms with Crippen LogP contribution in [0.25, 0.3) is 0 Å². The molecule has 0 spiro atoms. The summed E-state index contributed by atoms with van der Waals surface area (Å²) >= 11 is 0. The molecule has 0 amide bonds. The van der Waals surface area contributed by atoms with Crippen molar-refractivity contribution in [3.05, 3.63) is 29.8 Å². The molecule has 0 aliphatic heterocycles. The summed E-state index contributed by atoms with van der Waals surface area (Å²) in [6.07, 6.45) is -1.59. The first kappa shape index (κ1) is 13.2. The van der Waals surface area contributed by atoms with E-state index >= 15 is 0 Å². The molecular weight excluding hydrogens is 228 g/mol. The van der Waals surface area contributed by atoms with Gasteiger partial charge in [0.05, 0.1) is 11.0 Å². The van der Waals surface area contributed by atoms with Gasteiger partial charge in [0.15, 0.2) is 0 Å². The second-order valence-electron chi connectivity index (χ2n) is 3.81. The molecule has 0 saturated carbocycles. The summed E-state index contributed by atoms with van der Waals surface area (Å²) in [5.41, 5.74) is 0.975. The zero-order valence-corrected chi connectivity index (χ0v) is 10.4. The van der Waals surface area contributed by atoms with Gasteiger partial charge in [-0.15, -0.1) is 0 Å². The summed E-state index contributed by atoms with van der Waals surface area (Å²) in [6.45, 7) is 4.86. The number of hydrogen-bond acceptors (Lipinski definition) is 4. The number of rotatable bonds is 4. The molecule has 0 radical (unpaired) electrons. The molecule has 0 bridgehead atoms. The van der Waals surface area contributed by atoms with Crippen LogP contribution in [0.2, 0.25) is 0 Å². The first-order valence-corrected chi connectivity index (χ1v) is 6.42. The highest BCUT2D eigenvalue weighted by molar-refractivity contribution is 7.86. The van der Waals surface area contributed by atoms with Crippen LogP contribution in [0.15, 0.2) is 29.2 Å². The Morgan fingerprint density at radius 1 is 1.19 bits per heavy atom. The van der Waals surface area contributed by atoms with E-state index in [1.807, 2.05) is 6.92 Å². The Morgan fingerprint density at radius 2 is 1.69 bits per heavy atom. The zero-order valence-electron chi connectivity index (χ0n) is 9.54. The van der Waals surface area contributed by atoms with Crippen LogP contribution in [0.1, 0.15) is 19.4 Å². The second-order valence-corrected chi connectivity index (χ2v) is 5.38. The molecule has 1 N–H and O–H groups in total. The van der Waals surface area contributed by atoms with Gasteiger partial charge in [0.2, 0.25) is 0 Å². The van der Waals surface area contributed by atoms with Gasteiger partial charge < -0.3 is 5.11 Å². The average molecular weight is 244 g/mol. The topological polar surface area (TPSA) is 63.6 Å². The highest BCUT2D eigenvalue weighted by Gasteiger charge is 2.21. The molecule has 2 atom stereocenters. The van der Waals surface area contributed by atoms with Crippen molar-refractivity contribution in [2.45, 2.75) is 37.9 Å². The molecule has 5 heteroatoms. The number of hydrogen-bond donors (Lipinski definition) is 1. The third kappa shape index (κ3) is 3.30. The molecule has 90 valence electrons. The van der Waals surface area contributed by atoms with Crippen LogP contribution in [0.3, 0.4) is 0 Å². The summed E-state index contributed by atoms with van der Waals surface area (Å²) in [4.78, 5) is 0.102. The molecule has 16 heavy (non-hydrogen) atoms. The van der Waals surface area contributed by atoms with E-state index in [-0.39, 0.29) is 4.90 Å². The largest absolute Gasteiger partial charge is 0.391 e. The Labute approximate surface area is 96.0 Å². The highest BCUT2D eigenvalue weighted by atomic mass is 32.2. The van der Waals surface area contributed by atoms with Crippen molar-refractivity contribution in [2.24, 2.45) is 0 Å². The van der Waals surface area contributed by atoms with Gasteiger partial charge >= 0.3 is 0 Å². The van der Waals surface area contributed by atoms with E-state index in [0.717, 1.165) is 5.56 Å². The molecule has 0 aliphatic carbocycles. The SMILES string of the molecule is Cc1ccc(S(=O)(=O)O[C@H](C)[C@H](C)O)cc1. The Balaban J connectivity index is 2.90. The van der Waals surface area contributed by atoms with Gasteiger partial charge in [-0.25, -0.2) is 0 Å². The van der Waals surface area contributed by atoms with Crippen molar-refractivity contribution in [2.75, 3.05) is 0 Å². The fraction of sp³-hybridized carbons (Fsp3) is 0.455. The van der Waals surface area contributed by atoms with E-state index in [4.69, 9.17) is 4.18 Å². The van der Waals surface area contributed by atoms with Gasteiger partial charge in [0.25, 0.3) is 10.1 Å². The summed E-state index contributed by atoms with van der Waals surface area (Å²) in [7, 11) is -3.78. The molecular formula is C11H16O4S. The van der Waals surface area contributed by atoms with Gasteiger partial charge in [-0.3, -0.25) is 4.18 Å². The predicted octanol–water partition coefficient (Wildman–Crippen LogP) is 1.47. The van der Waals surface area contributed by atoms with Crippen LogP contribution in [0, 0.1) is 6.92 Å². The van der Waals surface area contributed by atoms with Crippen molar-refractivity contribution >= 4 is 10.1 Å². The van der Waals surface area contributed by atoms with Crippen molar-refractivity contribution in [3.8, 4) is 0 Å². The number of aliphatic hydroxyl groups is 1. The summed E-state index contributed by atoms with van der Waals surface area (Å²) < 4.78 is 28.3. The quantitative estimate of drug-likeness (QED) is 0.815. The molecule has 0 aromatic heterocycles. The molecule has 1 aromatic rings. The first-order valence-electron chi connectivity index (χ1n) is 5.01. The van der Waals surface area contributed by atoms with Crippen molar-refractivity contribution in [1.82, 2.24) is 0 Å². The zero-order chi connectivity index (χ0) is 12.3. The van der Waals surface area contributed by atoms with Gasteiger partial charge in [-0.05, 0) is 32.9 Å². The molecule has 0 aliphatic rings. The summed E-state index contributed by atoms with van der Waals surface area (Å²) in [6, 6.07) is 6.37. The first-order chi connectivity index (χ1) is 7.33. The minimum absolute atomic E-state index is 0.102. The maximum atomic E-state index is 11.7. The minimum Gasteiger partial charge on any atom is -0.391 e. The maximum Gasteiger partial charge on any atom is 0.297 e. The number of aliphatic hydroxyl groups excluding tert-OH is 1. The number of benzene rings is 1. The smallest absolute Gasteiger partial charge is 0.297 e. The molecule has 0 unspecified atom stereocenters. The van der Waals surface area contributed by atoms with Crippen LogP contribution in [-0.2, 0) is 14.3 Å². The monoisotopic (exact) mass is 244 g/mol. The summed E-state index contributed by atoms with van der Waals surface area (Å²) in [5, 5.41) is 9.19. The van der Waals surface area contributed by atoms with Gasteiger partial charge in [-0.1, -0.05) is 17.7 Å². The lowest BCUT2D eigenvalue weighted by Gasteiger charge is -2.15. The molecule has 0 fully saturated rings. The van der Waals surface area contributed by atoms with E-state index in [9.17, 15) is 13.5 Å². The molecule has 1 rings (SSSR count). The third-order valence-electron chi connectivity index (χ3n) is 2.27. The maximum absolute atomic E-state index is 11.7. The van der Waals surface area contributed by atoms with Crippen LogP contribution in [0.4, 0.5) is 0 Å². The average Bonchev–Trinajstić information content (AvgIpc) is 2.17. The molecule has 4 nitrogen and oxygen atoms in total. The third-order valence-corrected chi connectivity index (χ3v) is 3.67. The fourth-order valence-electron chi connectivity index (χ4n) is 1.04. The van der Waals surface area contributed by atoms with Crippen LogP contribution in [-0.4, -0.2) is 25.7 Å². The van der Waals surface area contributed by atoms with Crippen molar-refractivity contribution in [1.29, 1.82) is 0 Å². The number of aryl methyl sites for hydroxylation is 1. The lowest BCUT2D eigenvalue weighted by Crippen LogP contribution is -2.26. The van der Waals surface area contributed by atoms with Gasteiger partial charge in [-0.2, -0.15) is 8.42 Å². The highest BCUT2D eigenvalue weighted by Crippen LogP contribution is 2.16. The van der Waals surface area contributed by atoms with Crippen molar-refractivity contribution in [3.63, 3.8) is 0 Å². The van der Waals surface area contributed by atoms with Crippen molar-refractivity contribution < 1.29 is 17.7 Å². The molecule has 0 saturated heterocycles. The standard InChI is InChI=1S/C11H16O4S/c1-8-4-6-11(7-5-8)16(13,14)15-10(3)9(2)12/h4-7,9-10,12H,1-3H3/t9-,10+/m0/s1. The Hall–Kier alpha value is -0.910. The fourth-order valence-corrected chi connectivity index (χ4v) is 2.18. The lowest BCUT2D eigenvalue weighted by atomic mass is 10.2. The van der Waals surface area contributed by atoms with E-state index in [0.29, 0.717) is 0 Å². The van der Waals surface area contributed by atoms with Crippen LogP contribution < -0.4 is 0 Å². The van der Waals surface area contributed by atoms with E-state index in [1.165, 1.54) is 26.0 Å². The Bertz CT molecular complexity index is 434. The van der Waals surface area contributed by atoms with E-state index in [1.54, 1.807) is 12.1 Å². The summed E-state index contributed by atoms with van der Waals surface area (Å²) in [5.74, 6) is 0. The Morgan fingerprint density at radius 3 is 2.12 bits per heavy atom. The van der Waals surface area contributed by atoms with Crippen LogP contribution in [0.5, 0.6) is 0 Å². The van der Waals surface area contributed by atoms with Crippen LogP contribution >= 0.6 is 0 Å². The predicted molar refractivity (Wildman–Crippen MR) is 60.6 cm³/mol. The van der Waals surface area contributed by atoms with Gasteiger partial charge in [0, 0.05) is 0 Å². The molecule has 1 aromatic carbocycles. The van der Waals surface area contributed by atoms with E-state index in [2.05, 4.69) is 0 Å². The normalized spacial score (nSPS) is 15.8. The molecule has 0 heterocycles. The minimum atomic E-state index is -3.78. The Kier molecular flexibility index (Phi) is 4.07. The lowest BCUT2D eigenvalue weighted by molar-refractivity contribution is 0.0646. The van der Waals surface area contributed by atoms with E-state index < -0.39 is 22.3 Å². The second kappa shape index (κ2) is 4.95.